The van der Waals surface area contributed by atoms with Crippen LogP contribution in [-0.2, 0) is 36.9 Å². The van der Waals surface area contributed by atoms with Crippen LogP contribution in [0.25, 0.3) is 0 Å². The molecular formula is C32H35F9N6O2. The van der Waals surface area contributed by atoms with Crippen molar-refractivity contribution in [2.45, 2.75) is 83.0 Å². The zero-order chi connectivity index (χ0) is 35.9. The van der Waals surface area contributed by atoms with Gasteiger partial charge in [-0.3, -0.25) is 4.79 Å². The number of alkyl halides is 9. The van der Waals surface area contributed by atoms with E-state index < -0.39 is 53.8 Å². The fourth-order valence-electron chi connectivity index (χ4n) is 7.02. The number of rotatable bonds is 8. The molecule has 0 saturated heterocycles. The molecule has 3 aromatic rings. The number of tetrazole rings is 1. The molecule has 5 rings (SSSR count). The van der Waals surface area contributed by atoms with Crippen molar-refractivity contribution in [3.05, 3.63) is 63.7 Å². The van der Waals surface area contributed by atoms with Crippen LogP contribution in [0.3, 0.4) is 0 Å². The maximum absolute atomic E-state index is 14.2. The van der Waals surface area contributed by atoms with E-state index in [-0.39, 0.29) is 53.5 Å². The lowest BCUT2D eigenvalue weighted by molar-refractivity contribution is -0.143. The molecule has 1 N–H and O–H groups in total. The van der Waals surface area contributed by atoms with Gasteiger partial charge in [-0.1, -0.05) is 11.2 Å². The van der Waals surface area contributed by atoms with Gasteiger partial charge in [-0.25, -0.2) is 0 Å². The molecule has 2 heterocycles. The number of carboxylic acid groups (broad SMARTS) is 1. The molecule has 1 aromatic heterocycles. The van der Waals surface area contributed by atoms with Gasteiger partial charge in [0.1, 0.15) is 0 Å². The minimum atomic E-state index is -5.08. The molecule has 1 aliphatic carbocycles. The molecule has 1 fully saturated rings. The minimum Gasteiger partial charge on any atom is -0.481 e. The molecule has 2 aliphatic rings. The van der Waals surface area contributed by atoms with Gasteiger partial charge >= 0.3 is 24.5 Å². The van der Waals surface area contributed by atoms with Crippen LogP contribution < -0.4 is 9.80 Å². The summed E-state index contributed by atoms with van der Waals surface area (Å²) in [6, 6.07) is 2.85. The summed E-state index contributed by atoms with van der Waals surface area (Å²) in [6.45, 7) is 1.50. The van der Waals surface area contributed by atoms with Crippen molar-refractivity contribution >= 4 is 17.6 Å². The number of hydrogen-bond donors (Lipinski definition) is 1. The first-order chi connectivity index (χ1) is 22.8. The third-order valence-electron chi connectivity index (χ3n) is 9.32. The van der Waals surface area contributed by atoms with Gasteiger partial charge in [-0.15, -0.1) is 5.10 Å². The van der Waals surface area contributed by atoms with Gasteiger partial charge in [0.25, 0.3) is 5.95 Å². The fourth-order valence-corrected chi connectivity index (χ4v) is 7.02. The quantitative estimate of drug-likeness (QED) is 0.237. The van der Waals surface area contributed by atoms with Gasteiger partial charge in [-0.05, 0) is 103 Å². The molecule has 1 atom stereocenters. The predicted octanol–water partition coefficient (Wildman–Crippen LogP) is 8.20. The molecule has 0 amide bonds. The summed E-state index contributed by atoms with van der Waals surface area (Å²) < 4.78 is 125. The Hall–Kier alpha value is -4.05. The maximum atomic E-state index is 14.2. The van der Waals surface area contributed by atoms with E-state index in [1.807, 2.05) is 4.90 Å². The number of carboxylic acids is 1. The van der Waals surface area contributed by atoms with Gasteiger partial charge in [0.15, 0.2) is 0 Å². The Bertz CT molecular complexity index is 1610. The zero-order valence-corrected chi connectivity index (χ0v) is 26.6. The summed E-state index contributed by atoms with van der Waals surface area (Å²) in [5, 5.41) is 21.2. The number of hydrogen-bond acceptors (Lipinski definition) is 6. The van der Waals surface area contributed by atoms with Gasteiger partial charge in [-0.2, -0.15) is 44.3 Å². The van der Waals surface area contributed by atoms with E-state index in [4.69, 9.17) is 0 Å². The number of nitrogens with zero attached hydrogens (tertiary/aromatic N) is 6. The highest BCUT2D eigenvalue weighted by atomic mass is 19.4. The third-order valence-corrected chi connectivity index (χ3v) is 9.32. The molecule has 2 aromatic carbocycles. The van der Waals surface area contributed by atoms with Crippen LogP contribution in [0, 0.1) is 18.8 Å². The first-order valence-corrected chi connectivity index (χ1v) is 15.8. The van der Waals surface area contributed by atoms with Gasteiger partial charge in [0, 0.05) is 31.7 Å². The highest BCUT2D eigenvalue weighted by Gasteiger charge is 2.40. The minimum absolute atomic E-state index is 0.0239. The summed E-state index contributed by atoms with van der Waals surface area (Å²) in [4.78, 5) is 15.5. The average Bonchev–Trinajstić information content (AvgIpc) is 3.35. The Kier molecular flexibility index (Phi) is 10.1. The second kappa shape index (κ2) is 13.7. The number of aryl methyl sites for hydroxylation is 2. The van der Waals surface area contributed by atoms with E-state index in [0.717, 1.165) is 10.9 Å². The van der Waals surface area contributed by atoms with E-state index in [0.29, 0.717) is 62.9 Å². The largest absolute Gasteiger partial charge is 0.481 e. The van der Waals surface area contributed by atoms with Gasteiger partial charge < -0.3 is 14.9 Å². The molecule has 0 radical (unpaired) electrons. The van der Waals surface area contributed by atoms with E-state index in [1.165, 1.54) is 24.9 Å². The molecule has 1 aliphatic heterocycles. The normalized spacial score (nSPS) is 20.6. The summed E-state index contributed by atoms with van der Waals surface area (Å²) >= 11 is 0. The van der Waals surface area contributed by atoms with Gasteiger partial charge in [0.05, 0.1) is 29.8 Å². The van der Waals surface area contributed by atoms with Crippen molar-refractivity contribution in [1.29, 1.82) is 0 Å². The van der Waals surface area contributed by atoms with Crippen LogP contribution >= 0.6 is 0 Å². The summed E-state index contributed by atoms with van der Waals surface area (Å²) in [6.07, 6.45) is -11.4. The van der Waals surface area contributed by atoms with E-state index in [1.54, 1.807) is 0 Å². The van der Waals surface area contributed by atoms with Crippen LogP contribution in [0.2, 0.25) is 0 Å². The summed E-state index contributed by atoms with van der Waals surface area (Å²) in [7, 11) is 1.43. The van der Waals surface area contributed by atoms with E-state index in [2.05, 4.69) is 15.4 Å². The average molecular weight is 707 g/mol. The number of benzene rings is 2. The van der Waals surface area contributed by atoms with Crippen LogP contribution in [0.4, 0.5) is 51.1 Å². The van der Waals surface area contributed by atoms with Gasteiger partial charge in [0.2, 0.25) is 0 Å². The molecule has 268 valence electrons. The van der Waals surface area contributed by atoms with E-state index in [9.17, 15) is 49.4 Å². The molecule has 1 saturated carbocycles. The summed E-state index contributed by atoms with van der Waals surface area (Å²) in [5.41, 5.74) is -3.66. The number of fused-ring (bicyclic) bond motifs is 1. The molecule has 49 heavy (non-hydrogen) atoms. The monoisotopic (exact) mass is 706 g/mol. The highest BCUT2D eigenvalue weighted by molar-refractivity contribution is 5.67. The zero-order valence-electron chi connectivity index (χ0n) is 26.6. The fraction of sp³-hybridized carbons (Fsp3) is 0.562. The number of anilines is 2. The Morgan fingerprint density at radius 2 is 1.49 bits per heavy atom. The van der Waals surface area contributed by atoms with Crippen molar-refractivity contribution in [1.82, 2.24) is 20.2 Å². The lowest BCUT2D eigenvalue weighted by Crippen LogP contribution is -2.33. The lowest BCUT2D eigenvalue weighted by atomic mass is 9.80. The topological polar surface area (TPSA) is 87.4 Å². The number of aromatic nitrogens is 4. The predicted molar refractivity (Wildman–Crippen MR) is 159 cm³/mol. The van der Waals surface area contributed by atoms with Crippen molar-refractivity contribution in [2.75, 3.05) is 22.9 Å². The number of aliphatic carboxylic acids is 1. The first kappa shape index (κ1) is 36.2. The SMILES string of the molecule is Cc1cc2c(cc1C(F)(F)F)N(CC1CCC(CC(=O)O)CC1)CCC[C@@H]2N(Cc1cc(C(F)(F)F)cc(C(F)(F)F)c1)c1nnn(C)n1. The first-order valence-electron chi connectivity index (χ1n) is 15.8. The smallest absolute Gasteiger partial charge is 0.416 e. The second-order valence-electron chi connectivity index (χ2n) is 12.9. The third kappa shape index (κ3) is 8.58. The second-order valence-corrected chi connectivity index (χ2v) is 12.9. The summed E-state index contributed by atoms with van der Waals surface area (Å²) in [5.74, 6) is -0.899. The molecule has 17 heteroatoms. The maximum Gasteiger partial charge on any atom is 0.416 e. The van der Waals surface area contributed by atoms with Crippen LogP contribution in [0.1, 0.15) is 84.4 Å². The molecule has 0 bridgehead atoms. The van der Waals surface area contributed by atoms with Crippen LogP contribution in [0.15, 0.2) is 30.3 Å². The van der Waals surface area contributed by atoms with E-state index >= 15 is 0 Å². The highest BCUT2D eigenvalue weighted by Crippen LogP contribution is 2.45. The standard InChI is InChI=1S/C32H35F9N6O2/c1-18-10-24-26(47(29-42-44-45(2)43-29)17-21-11-22(30(33,34)35)14-23(12-21)31(36,37)38)4-3-9-46(27(24)15-25(18)32(39,40)41)16-20-7-5-19(6-8-20)13-28(48)49/h10-12,14-15,19-20,26H,3-9,13,16-17H2,1-2H3,(H,48,49)/t19?,20?,26-/m0/s1. The Morgan fingerprint density at radius 3 is 2.02 bits per heavy atom. The Labute approximate surface area is 275 Å². The van der Waals surface area contributed by atoms with Crippen LogP contribution in [-0.4, -0.2) is 44.4 Å². The molecule has 8 nitrogen and oxygen atoms in total. The lowest BCUT2D eigenvalue weighted by Gasteiger charge is -2.35. The van der Waals surface area contributed by atoms with Crippen molar-refractivity contribution in [3.63, 3.8) is 0 Å². The van der Waals surface area contributed by atoms with Crippen molar-refractivity contribution in [3.8, 4) is 0 Å². The molecular weight excluding hydrogens is 671 g/mol. The number of carbonyl (C=O) groups is 1. The van der Waals surface area contributed by atoms with Crippen molar-refractivity contribution < 1.29 is 49.4 Å². The Balaban J connectivity index is 1.58. The van der Waals surface area contributed by atoms with Crippen LogP contribution in [0.5, 0.6) is 0 Å². The molecule has 0 spiro atoms. The Morgan fingerprint density at radius 1 is 0.878 bits per heavy atom. The number of halogens is 9. The molecule has 0 unspecified atom stereocenters. The van der Waals surface area contributed by atoms with Crippen molar-refractivity contribution in [2.24, 2.45) is 18.9 Å².